The number of aliphatic carboxylic acids is 1. The first kappa shape index (κ1) is 102. The Kier molecular flexibility index (Phi) is 44.5. The quantitative estimate of drug-likeness (QED) is 0.0315. The minimum atomic E-state index is -2.36. The van der Waals surface area contributed by atoms with Gasteiger partial charge in [-0.2, -0.15) is 0 Å². The van der Waals surface area contributed by atoms with Crippen LogP contribution in [-0.2, 0) is 52.2 Å². The molecule has 107 heavy (non-hydrogen) atoms. The fourth-order valence-electron chi connectivity index (χ4n) is 10.1. The van der Waals surface area contributed by atoms with Crippen LogP contribution in [0.3, 0.4) is 0 Å². The number of hydrogen-bond donors (Lipinski definition) is 38. The van der Waals surface area contributed by atoms with E-state index in [1.807, 2.05) is 0 Å². The molecule has 0 unspecified atom stereocenters. The molecule has 1 saturated carbocycles. The van der Waals surface area contributed by atoms with Crippen LogP contribution < -0.4 is 5.11 Å². The largest absolute Gasteiger partial charge is 0.544 e. The number of carbonyl (C=O) groups excluding carboxylic acids is 2. The first-order valence-electron chi connectivity index (χ1n) is 32.1. The van der Waals surface area contributed by atoms with Crippen LogP contribution in [0.25, 0.3) is 0 Å². The summed E-state index contributed by atoms with van der Waals surface area (Å²) >= 11 is 0. The van der Waals surface area contributed by atoms with Crippen molar-refractivity contribution in [3.63, 3.8) is 0 Å². The molecular weight excluding hydrogens is 1490 g/mol. The molecule has 51 heteroatoms. The van der Waals surface area contributed by atoms with Crippen molar-refractivity contribution >= 4 is 12.3 Å². The van der Waals surface area contributed by atoms with Crippen LogP contribution in [0.2, 0.25) is 0 Å². The lowest BCUT2D eigenvalue weighted by molar-refractivity contribution is -0.864. The standard InChI is InChI=1S/C18H32O16.C12H22O11.3C6H12O6.C5H11NO2.C3H8O3/c19-1-5-8(22)11(25)13(27)16(31-5)30-3-7-9(23)12(26)14(28)17(32-7)34-18(4-21)15(29)10(24)6(2-20)33-18;13-1-4-6(16)8(18)9(19)11(21-4)23-12(3-15)10(20)7(17)5(2-14)22-12;7-1-3-4(9)5(10)6(11,2-8)12-3;7-1-2(8)4(10)6(12)5(11)3(1)9;7-1-3(9)5(11)6(12)4(10)2-8;1-6(2,3)4-5(7)8;4-1-3(6)2-5/h5-17,19-29H,1-4H2;4-11,13-20H,1-3H2;3-5,7-11H,1-2H2;1-12H;1,3-6,8-12H,2H2;4H2,1-3H3;3-6H,1-2H2/t5-,6-,7-,8+,9-,10-,11+,12+,13-,14-,15+,16+,17-,18+;4-,5-,6-,7-,8+,9-,10+,11-,12+;3-,4-,5+,6-;;3-,4+,5+,6+;;/m111.0../s1. The molecule has 6 saturated heterocycles. The topological polar surface area (TPSA) is 909 Å². The highest BCUT2D eigenvalue weighted by molar-refractivity contribution is 5.65. The third-order valence-electron chi connectivity index (χ3n) is 16.7. The van der Waals surface area contributed by atoms with Crippen LogP contribution in [0, 0.1) is 0 Å². The third-order valence-corrected chi connectivity index (χ3v) is 16.7. The molecule has 31 atom stereocenters. The maximum atomic E-state index is 10.3. The molecule has 7 fully saturated rings. The summed E-state index contributed by atoms with van der Waals surface area (Å²) in [6.07, 6.45) is -56.1. The Bertz CT molecular complexity index is 2370. The molecule has 0 aromatic rings. The van der Waals surface area contributed by atoms with E-state index in [-0.39, 0.29) is 26.0 Å². The van der Waals surface area contributed by atoms with E-state index in [4.69, 9.17) is 140 Å². The van der Waals surface area contributed by atoms with Gasteiger partial charge in [0.2, 0.25) is 17.4 Å². The normalized spacial score (nSPS) is 43.0. The number of rotatable bonds is 24. The number of carbonyl (C=O) groups is 2. The summed E-state index contributed by atoms with van der Waals surface area (Å²) < 4.78 is 46.9. The Morgan fingerprint density at radius 2 is 0.710 bits per heavy atom. The lowest BCUT2D eigenvalue weighted by Gasteiger charge is -2.44. The molecule has 7 rings (SSSR count). The third kappa shape index (κ3) is 27.2. The van der Waals surface area contributed by atoms with E-state index in [1.54, 1.807) is 21.1 Å². The van der Waals surface area contributed by atoms with E-state index in [0.717, 1.165) is 0 Å². The Balaban J connectivity index is 0.000000678. The zero-order valence-electron chi connectivity index (χ0n) is 57.3. The SMILES string of the molecule is C[N+](C)(C)CC(=O)[O-].O=C[C@H](O)[C@@H](O)[C@H](O)[C@H](O)CO.OC1C(O)C(O)C(O)C(O)C1O.OCC(O)CO.OC[C@H]1O[C@@](CO)(O[C@H]2O[C@H](CO)[C@@H](O)[C@H](O)[C@H]2O)[C@@H](O)[C@@H]1O.OC[C@H]1O[C@H](OC[C@H]2O[C@H](O[C@]3(CO)O[C@H](CO)[C@@H](O)[C@@H]3O)[C@H](O)[C@@H](O)[C@@H]2O)[C@H](O)[C@@H](O)[C@H]1O.OC[C@H]1O[C@](O)(CO)[C@@H](O)[C@@H]1O. The molecule has 0 spiro atoms. The number of carboxylic acids is 1. The number of nitrogens with zero attached hydrogens (tertiary/aromatic N) is 1. The summed E-state index contributed by atoms with van der Waals surface area (Å²) in [6, 6.07) is 0. The van der Waals surface area contributed by atoms with Gasteiger partial charge in [0.15, 0.2) is 25.2 Å². The molecule has 0 radical (unpaired) electrons. The van der Waals surface area contributed by atoms with Crippen molar-refractivity contribution in [3.05, 3.63) is 0 Å². The number of aliphatic hydroxyl groups is 38. The number of quaternary nitrogens is 1. The van der Waals surface area contributed by atoms with Gasteiger partial charge in [-0.05, 0) is 0 Å². The molecule has 0 amide bonds. The van der Waals surface area contributed by atoms with E-state index in [9.17, 15) is 107 Å². The van der Waals surface area contributed by atoms with Gasteiger partial charge >= 0.3 is 0 Å². The summed E-state index contributed by atoms with van der Waals surface area (Å²) in [7, 11) is 5.40. The van der Waals surface area contributed by atoms with Gasteiger partial charge in [0.25, 0.3) is 0 Å². The molecule has 0 bridgehead atoms. The van der Waals surface area contributed by atoms with E-state index in [0.29, 0.717) is 4.48 Å². The number of ether oxygens (including phenoxy) is 9. The van der Waals surface area contributed by atoms with Crippen molar-refractivity contribution in [1.82, 2.24) is 0 Å². The highest BCUT2D eigenvalue weighted by Crippen LogP contribution is 2.38. The monoisotopic (exact) mass is 1600 g/mol. The zero-order valence-corrected chi connectivity index (χ0v) is 57.3. The van der Waals surface area contributed by atoms with Gasteiger partial charge in [-0.25, -0.2) is 0 Å². The molecule has 6 aliphatic heterocycles. The molecule has 51 nitrogen and oxygen atoms in total. The lowest BCUT2D eigenvalue weighted by Crippen LogP contribution is -2.63. The summed E-state index contributed by atoms with van der Waals surface area (Å²) in [4.78, 5) is 19.8. The summed E-state index contributed by atoms with van der Waals surface area (Å²) in [5, 5.41) is 362. The molecule has 7 aliphatic rings. The number of hydrogen-bond acceptors (Lipinski definition) is 50. The van der Waals surface area contributed by atoms with Gasteiger partial charge in [0.05, 0.1) is 93.2 Å². The minimum absolute atomic E-state index is 0.0258. The first-order valence-corrected chi connectivity index (χ1v) is 32.1. The van der Waals surface area contributed by atoms with Crippen molar-refractivity contribution in [1.29, 1.82) is 0 Å². The highest BCUT2D eigenvalue weighted by atomic mass is 16.8. The Morgan fingerprint density at radius 3 is 0.963 bits per heavy atom. The van der Waals surface area contributed by atoms with Crippen LogP contribution in [0.4, 0.5) is 0 Å². The predicted molar refractivity (Wildman–Crippen MR) is 327 cm³/mol. The highest BCUT2D eigenvalue weighted by Gasteiger charge is 2.61. The summed E-state index contributed by atoms with van der Waals surface area (Å²) in [5.74, 6) is -7.74. The summed E-state index contributed by atoms with van der Waals surface area (Å²) in [6.45, 7) is -8.24. The van der Waals surface area contributed by atoms with Crippen molar-refractivity contribution in [2.24, 2.45) is 0 Å². The van der Waals surface area contributed by atoms with Crippen LogP contribution in [0.5, 0.6) is 0 Å². The molecule has 38 N–H and O–H groups in total. The Hall–Kier alpha value is -2.78. The van der Waals surface area contributed by atoms with Gasteiger partial charge in [0, 0.05) is 0 Å². The van der Waals surface area contributed by atoms with Gasteiger partial charge in [0.1, 0.15) is 215 Å². The Labute approximate surface area is 605 Å². The number of aliphatic hydroxyl groups excluding tert-OH is 37. The van der Waals surface area contributed by atoms with E-state index in [2.05, 4.69) is 4.74 Å². The number of likely N-dealkylation sites (N-methyl/N-ethyl adjacent to an activating group) is 1. The average Bonchev–Trinajstić information content (AvgIpc) is 1.66. The smallest absolute Gasteiger partial charge is 0.224 e. The molecular formula is C56H109NO50. The molecule has 0 aromatic carbocycles. The summed E-state index contributed by atoms with van der Waals surface area (Å²) in [5.41, 5.74) is 0. The average molecular weight is 1600 g/mol. The van der Waals surface area contributed by atoms with Gasteiger partial charge in [-0.15, -0.1) is 0 Å². The van der Waals surface area contributed by atoms with Crippen LogP contribution in [0.15, 0.2) is 0 Å². The Morgan fingerprint density at radius 1 is 0.402 bits per heavy atom. The van der Waals surface area contributed by atoms with E-state index < -0.39 is 304 Å². The van der Waals surface area contributed by atoms with Crippen molar-refractivity contribution in [3.8, 4) is 0 Å². The molecule has 6 heterocycles. The lowest BCUT2D eigenvalue weighted by atomic mass is 9.85. The second-order valence-electron chi connectivity index (χ2n) is 25.9. The fraction of sp³-hybridized carbons (Fsp3) is 0.964. The predicted octanol–water partition coefficient (Wildman–Crippen LogP) is -26.6. The molecule has 0 aromatic heterocycles. The maximum absolute atomic E-state index is 10.3. The minimum Gasteiger partial charge on any atom is -0.544 e. The van der Waals surface area contributed by atoms with Crippen LogP contribution >= 0.6 is 0 Å². The van der Waals surface area contributed by atoms with Crippen LogP contribution in [0.1, 0.15) is 0 Å². The zero-order chi connectivity index (χ0) is 83.0. The number of carboxylic acid groups (broad SMARTS) is 1. The van der Waals surface area contributed by atoms with Gasteiger partial charge in [-0.3, -0.25) is 0 Å². The van der Waals surface area contributed by atoms with Crippen LogP contribution in [-0.4, -0.2) is 549 Å². The van der Waals surface area contributed by atoms with E-state index in [1.165, 1.54) is 0 Å². The van der Waals surface area contributed by atoms with Crippen molar-refractivity contribution in [2.45, 2.75) is 232 Å². The maximum Gasteiger partial charge on any atom is 0.224 e. The first-order chi connectivity index (χ1) is 49.6. The molecule has 1 aliphatic carbocycles. The second kappa shape index (κ2) is 46.5. The van der Waals surface area contributed by atoms with Crippen molar-refractivity contribution < 1.29 is 256 Å². The van der Waals surface area contributed by atoms with Gasteiger partial charge in [-0.1, -0.05) is 0 Å². The van der Waals surface area contributed by atoms with Crippen molar-refractivity contribution in [2.75, 3.05) is 107 Å². The molecule has 638 valence electrons. The second-order valence-corrected chi connectivity index (χ2v) is 25.9. The van der Waals surface area contributed by atoms with Gasteiger partial charge < -0.3 is 256 Å². The van der Waals surface area contributed by atoms with E-state index >= 15 is 0 Å². The fourth-order valence-corrected chi connectivity index (χ4v) is 10.1. The number of aldehydes is 1.